The summed E-state index contributed by atoms with van der Waals surface area (Å²) in [7, 11) is -3.44. The Morgan fingerprint density at radius 3 is 2.42 bits per heavy atom. The summed E-state index contributed by atoms with van der Waals surface area (Å²) < 4.78 is 26.5. The number of sulfonamides is 1. The molecule has 2 saturated heterocycles. The second-order valence-electron chi connectivity index (χ2n) is 7.46. The van der Waals surface area contributed by atoms with Crippen LogP contribution in [0.2, 0.25) is 0 Å². The van der Waals surface area contributed by atoms with E-state index in [1.807, 2.05) is 35.2 Å². The van der Waals surface area contributed by atoms with Crippen molar-refractivity contribution >= 4 is 22.0 Å². The van der Waals surface area contributed by atoms with E-state index in [1.54, 1.807) is 6.08 Å². The van der Waals surface area contributed by atoms with Gasteiger partial charge in [0, 0.05) is 37.5 Å². The van der Waals surface area contributed by atoms with Crippen LogP contribution in [0, 0.1) is 11.8 Å². The van der Waals surface area contributed by atoms with Crippen LogP contribution in [0.15, 0.2) is 35.7 Å². The second kappa shape index (κ2) is 8.35. The Hall–Kier alpha value is -1.66. The SMILES string of the molecule is CC1CCCN(C(=O)C2CCN(S(=O)(=O)/C=C/c3ccccc3)CC2)C1. The lowest BCUT2D eigenvalue weighted by molar-refractivity contribution is -0.138. The molecule has 3 rings (SSSR count). The number of benzene rings is 1. The number of nitrogens with zero attached hydrogens (tertiary/aromatic N) is 2. The van der Waals surface area contributed by atoms with Gasteiger partial charge in [0.15, 0.2) is 0 Å². The molecule has 2 aliphatic heterocycles. The summed E-state index contributed by atoms with van der Waals surface area (Å²) in [6.45, 7) is 4.72. The van der Waals surface area contributed by atoms with E-state index in [2.05, 4.69) is 6.92 Å². The maximum Gasteiger partial charge on any atom is 0.236 e. The van der Waals surface area contributed by atoms with Gasteiger partial charge in [0.1, 0.15) is 0 Å². The number of piperidine rings is 2. The Labute approximate surface area is 156 Å². The Balaban J connectivity index is 1.55. The van der Waals surface area contributed by atoms with Crippen molar-refractivity contribution in [1.82, 2.24) is 9.21 Å². The van der Waals surface area contributed by atoms with Crippen LogP contribution in [0.1, 0.15) is 38.2 Å². The van der Waals surface area contributed by atoms with E-state index in [-0.39, 0.29) is 11.8 Å². The molecule has 0 aliphatic carbocycles. The van der Waals surface area contributed by atoms with Gasteiger partial charge in [-0.15, -0.1) is 0 Å². The molecule has 142 valence electrons. The van der Waals surface area contributed by atoms with Gasteiger partial charge in [-0.1, -0.05) is 37.3 Å². The topological polar surface area (TPSA) is 57.7 Å². The van der Waals surface area contributed by atoms with Crippen LogP contribution >= 0.6 is 0 Å². The molecule has 2 aliphatic rings. The van der Waals surface area contributed by atoms with Crippen molar-refractivity contribution in [1.29, 1.82) is 0 Å². The van der Waals surface area contributed by atoms with Gasteiger partial charge in [-0.25, -0.2) is 8.42 Å². The summed E-state index contributed by atoms with van der Waals surface area (Å²) in [5, 5.41) is 1.27. The van der Waals surface area contributed by atoms with Crippen molar-refractivity contribution in [2.75, 3.05) is 26.2 Å². The molecule has 1 unspecified atom stereocenters. The van der Waals surface area contributed by atoms with Gasteiger partial charge in [0.25, 0.3) is 0 Å². The number of hydrogen-bond acceptors (Lipinski definition) is 3. The summed E-state index contributed by atoms with van der Waals surface area (Å²) in [5.74, 6) is 0.745. The van der Waals surface area contributed by atoms with E-state index in [1.165, 1.54) is 16.1 Å². The molecular weight excluding hydrogens is 348 g/mol. The quantitative estimate of drug-likeness (QED) is 0.812. The van der Waals surface area contributed by atoms with Gasteiger partial charge >= 0.3 is 0 Å². The minimum Gasteiger partial charge on any atom is -0.342 e. The Morgan fingerprint density at radius 1 is 1.08 bits per heavy atom. The molecule has 5 nitrogen and oxygen atoms in total. The van der Waals surface area contributed by atoms with Crippen LogP contribution in [-0.2, 0) is 14.8 Å². The Morgan fingerprint density at radius 2 is 1.77 bits per heavy atom. The summed E-state index contributed by atoms with van der Waals surface area (Å²) >= 11 is 0. The van der Waals surface area contributed by atoms with Gasteiger partial charge in [-0.2, -0.15) is 4.31 Å². The van der Waals surface area contributed by atoms with Crippen molar-refractivity contribution < 1.29 is 13.2 Å². The largest absolute Gasteiger partial charge is 0.342 e. The smallest absolute Gasteiger partial charge is 0.236 e. The average Bonchev–Trinajstić information content (AvgIpc) is 2.67. The fourth-order valence-electron chi connectivity index (χ4n) is 3.82. The number of rotatable bonds is 4. The van der Waals surface area contributed by atoms with E-state index in [9.17, 15) is 13.2 Å². The molecular formula is C20H28N2O3S. The van der Waals surface area contributed by atoms with Crippen molar-refractivity contribution in [3.8, 4) is 0 Å². The molecule has 2 heterocycles. The van der Waals surface area contributed by atoms with Crippen molar-refractivity contribution in [2.45, 2.75) is 32.6 Å². The van der Waals surface area contributed by atoms with Gasteiger partial charge in [0.2, 0.25) is 15.9 Å². The molecule has 0 bridgehead atoms. The average molecular weight is 377 g/mol. The highest BCUT2D eigenvalue weighted by Crippen LogP contribution is 2.25. The third kappa shape index (κ3) is 4.74. The first kappa shape index (κ1) is 19.1. The van der Waals surface area contributed by atoms with E-state index >= 15 is 0 Å². The fourth-order valence-corrected chi connectivity index (χ4v) is 5.04. The minimum absolute atomic E-state index is 0.0372. The maximum absolute atomic E-state index is 12.7. The van der Waals surface area contributed by atoms with Gasteiger partial charge in [0.05, 0.1) is 0 Å². The predicted octanol–water partition coefficient (Wildman–Crippen LogP) is 2.96. The Kier molecular flexibility index (Phi) is 6.14. The van der Waals surface area contributed by atoms with E-state index in [4.69, 9.17) is 0 Å². The molecule has 0 saturated carbocycles. The van der Waals surface area contributed by atoms with Crippen LogP contribution in [0.25, 0.3) is 6.08 Å². The zero-order valence-corrected chi connectivity index (χ0v) is 16.2. The molecule has 6 heteroatoms. The highest BCUT2D eigenvalue weighted by Gasteiger charge is 2.33. The highest BCUT2D eigenvalue weighted by atomic mass is 32.2. The maximum atomic E-state index is 12.7. The fraction of sp³-hybridized carbons (Fsp3) is 0.550. The van der Waals surface area contributed by atoms with Crippen LogP contribution < -0.4 is 0 Å². The Bertz CT molecular complexity index is 738. The summed E-state index contributed by atoms with van der Waals surface area (Å²) in [4.78, 5) is 14.7. The van der Waals surface area contributed by atoms with Crippen LogP contribution in [0.3, 0.4) is 0 Å². The second-order valence-corrected chi connectivity index (χ2v) is 9.28. The van der Waals surface area contributed by atoms with Crippen molar-refractivity contribution in [3.05, 3.63) is 41.3 Å². The lowest BCUT2D eigenvalue weighted by Gasteiger charge is -2.36. The van der Waals surface area contributed by atoms with Gasteiger partial charge in [-0.3, -0.25) is 4.79 Å². The molecule has 2 fully saturated rings. The van der Waals surface area contributed by atoms with Crippen LogP contribution in [0.5, 0.6) is 0 Å². The molecule has 1 aromatic rings. The first-order valence-electron chi connectivity index (χ1n) is 9.48. The minimum atomic E-state index is -3.44. The van der Waals surface area contributed by atoms with Crippen molar-refractivity contribution in [3.63, 3.8) is 0 Å². The normalized spacial score (nSPS) is 23.4. The third-order valence-corrected chi connectivity index (χ3v) is 6.93. The zero-order valence-electron chi connectivity index (χ0n) is 15.4. The summed E-state index contributed by atoms with van der Waals surface area (Å²) in [6.07, 6.45) is 5.12. The van der Waals surface area contributed by atoms with Gasteiger partial charge < -0.3 is 4.90 Å². The molecule has 1 aromatic carbocycles. The zero-order chi connectivity index (χ0) is 18.6. The van der Waals surface area contributed by atoms with E-state index in [0.29, 0.717) is 31.8 Å². The number of amides is 1. The van der Waals surface area contributed by atoms with Crippen LogP contribution in [-0.4, -0.2) is 49.7 Å². The molecule has 0 spiro atoms. The highest BCUT2D eigenvalue weighted by molar-refractivity contribution is 7.92. The van der Waals surface area contributed by atoms with E-state index < -0.39 is 10.0 Å². The molecule has 0 N–H and O–H groups in total. The number of likely N-dealkylation sites (tertiary alicyclic amines) is 1. The predicted molar refractivity (Wildman–Crippen MR) is 104 cm³/mol. The summed E-state index contributed by atoms with van der Waals surface area (Å²) in [6, 6.07) is 9.40. The first-order valence-corrected chi connectivity index (χ1v) is 11.0. The summed E-state index contributed by atoms with van der Waals surface area (Å²) in [5.41, 5.74) is 0.861. The third-order valence-electron chi connectivity index (χ3n) is 5.36. The van der Waals surface area contributed by atoms with Crippen LogP contribution in [0.4, 0.5) is 0 Å². The molecule has 0 radical (unpaired) electrons. The number of carbonyl (C=O) groups excluding carboxylic acids is 1. The standard InChI is InChI=1S/C20H28N2O3S/c1-17-6-5-12-21(16-17)20(23)19-9-13-22(14-10-19)26(24,25)15-11-18-7-3-2-4-8-18/h2-4,7-8,11,15,17,19H,5-6,9-10,12-14,16H2,1H3/b15-11+. The van der Waals surface area contributed by atoms with E-state index in [0.717, 1.165) is 25.1 Å². The molecule has 1 atom stereocenters. The monoisotopic (exact) mass is 376 g/mol. The van der Waals surface area contributed by atoms with Crippen molar-refractivity contribution in [2.24, 2.45) is 11.8 Å². The first-order chi connectivity index (χ1) is 12.5. The molecule has 1 amide bonds. The lowest BCUT2D eigenvalue weighted by Crippen LogP contribution is -2.46. The number of hydrogen-bond donors (Lipinski definition) is 0. The number of carbonyl (C=O) groups is 1. The molecule has 26 heavy (non-hydrogen) atoms. The lowest BCUT2D eigenvalue weighted by atomic mass is 9.93. The molecule has 0 aromatic heterocycles. The van der Waals surface area contributed by atoms with Gasteiger partial charge in [-0.05, 0) is 43.2 Å².